The molecule has 0 saturated carbocycles. The molecule has 0 unspecified atom stereocenters. The van der Waals surface area contributed by atoms with Crippen LogP contribution < -0.4 is 15.4 Å². The van der Waals surface area contributed by atoms with Gasteiger partial charge in [0, 0.05) is 10.9 Å². The number of para-hydroxylation sites is 1. The van der Waals surface area contributed by atoms with Crippen LogP contribution in [0.2, 0.25) is 0 Å². The Bertz CT molecular complexity index is 1230. The van der Waals surface area contributed by atoms with Gasteiger partial charge in [-0.3, -0.25) is 20.2 Å². The van der Waals surface area contributed by atoms with E-state index in [1.807, 2.05) is 30.5 Å². The van der Waals surface area contributed by atoms with Crippen LogP contribution in [0.5, 0.6) is 5.75 Å². The zero-order chi connectivity index (χ0) is 21.8. The monoisotopic (exact) mass is 450 g/mol. The molecule has 7 nitrogen and oxygen atoms in total. The van der Waals surface area contributed by atoms with Gasteiger partial charge in [-0.25, -0.2) is 9.97 Å². The SMILES string of the molecule is COc1ccccc1C(=O)Nc1nc(C)c(-c2csc(NC(=O)c3ccccc3)n2)s1. The number of nitrogens with one attached hydrogen (secondary N) is 2. The van der Waals surface area contributed by atoms with Crippen LogP contribution in [0.25, 0.3) is 10.6 Å². The molecule has 0 spiro atoms. The number of nitrogens with zero attached hydrogens (tertiary/aromatic N) is 2. The number of aryl methyl sites for hydroxylation is 1. The van der Waals surface area contributed by atoms with Crippen molar-refractivity contribution in [1.82, 2.24) is 9.97 Å². The molecule has 0 aliphatic heterocycles. The number of anilines is 2. The molecule has 4 rings (SSSR count). The number of rotatable bonds is 6. The van der Waals surface area contributed by atoms with Crippen molar-refractivity contribution in [3.63, 3.8) is 0 Å². The van der Waals surface area contributed by atoms with Gasteiger partial charge in [0.25, 0.3) is 11.8 Å². The average Bonchev–Trinajstić information content (AvgIpc) is 3.40. The smallest absolute Gasteiger partial charge is 0.261 e. The number of amides is 2. The first-order valence-electron chi connectivity index (χ1n) is 9.29. The Labute approximate surface area is 186 Å². The minimum Gasteiger partial charge on any atom is -0.496 e. The van der Waals surface area contributed by atoms with Gasteiger partial charge in [0.1, 0.15) is 5.75 Å². The summed E-state index contributed by atoms with van der Waals surface area (Å²) >= 11 is 2.66. The number of carbonyl (C=O) groups excluding carboxylic acids is 2. The van der Waals surface area contributed by atoms with Crippen molar-refractivity contribution in [2.45, 2.75) is 6.92 Å². The van der Waals surface area contributed by atoms with Crippen LogP contribution in [0.4, 0.5) is 10.3 Å². The fraction of sp³-hybridized carbons (Fsp3) is 0.0909. The molecule has 0 aliphatic carbocycles. The molecule has 31 heavy (non-hydrogen) atoms. The zero-order valence-corrected chi connectivity index (χ0v) is 18.3. The summed E-state index contributed by atoms with van der Waals surface area (Å²) in [6.07, 6.45) is 0. The van der Waals surface area contributed by atoms with E-state index in [-0.39, 0.29) is 11.8 Å². The lowest BCUT2D eigenvalue weighted by Crippen LogP contribution is -2.12. The third kappa shape index (κ3) is 4.62. The number of carbonyl (C=O) groups is 2. The van der Waals surface area contributed by atoms with Crippen molar-refractivity contribution in [1.29, 1.82) is 0 Å². The fourth-order valence-corrected chi connectivity index (χ4v) is 4.57. The molecule has 0 saturated heterocycles. The van der Waals surface area contributed by atoms with Crippen molar-refractivity contribution in [2.24, 2.45) is 0 Å². The van der Waals surface area contributed by atoms with E-state index in [2.05, 4.69) is 20.6 Å². The van der Waals surface area contributed by atoms with Crippen LogP contribution >= 0.6 is 22.7 Å². The maximum absolute atomic E-state index is 12.6. The van der Waals surface area contributed by atoms with Crippen molar-refractivity contribution in [3.8, 4) is 16.3 Å². The van der Waals surface area contributed by atoms with Crippen LogP contribution in [-0.4, -0.2) is 28.9 Å². The molecule has 0 aliphatic rings. The Morgan fingerprint density at radius 2 is 1.61 bits per heavy atom. The maximum atomic E-state index is 12.6. The van der Waals surface area contributed by atoms with Gasteiger partial charge in [-0.05, 0) is 31.2 Å². The number of thiazole rings is 2. The summed E-state index contributed by atoms with van der Waals surface area (Å²) in [6, 6.07) is 16.0. The average molecular weight is 451 g/mol. The Morgan fingerprint density at radius 3 is 2.39 bits per heavy atom. The minimum atomic E-state index is -0.299. The second-order valence-electron chi connectivity index (χ2n) is 6.45. The van der Waals surface area contributed by atoms with Gasteiger partial charge in [0.2, 0.25) is 0 Å². The molecular formula is C22H18N4O3S2. The van der Waals surface area contributed by atoms with Crippen molar-refractivity contribution >= 4 is 44.8 Å². The summed E-state index contributed by atoms with van der Waals surface area (Å²) in [5, 5.41) is 8.44. The van der Waals surface area contributed by atoms with Crippen molar-refractivity contribution in [3.05, 3.63) is 76.8 Å². The van der Waals surface area contributed by atoms with Gasteiger partial charge in [0.15, 0.2) is 10.3 Å². The second-order valence-corrected chi connectivity index (χ2v) is 8.30. The van der Waals surface area contributed by atoms with Gasteiger partial charge in [0.05, 0.1) is 28.9 Å². The number of methoxy groups -OCH3 is 1. The predicted molar refractivity (Wildman–Crippen MR) is 123 cm³/mol. The highest BCUT2D eigenvalue weighted by molar-refractivity contribution is 7.20. The molecule has 2 heterocycles. The standard InChI is InChI=1S/C22H18N4O3S2/c1-13-18(16-12-30-21(24-16)25-19(27)14-8-4-3-5-9-14)31-22(23-13)26-20(28)15-10-6-7-11-17(15)29-2/h3-12H,1-2H3,(H,23,26,28)(H,24,25,27). The number of benzene rings is 2. The van der Waals surface area contributed by atoms with E-state index in [1.165, 1.54) is 29.8 Å². The quantitative estimate of drug-likeness (QED) is 0.427. The lowest BCUT2D eigenvalue weighted by atomic mass is 10.2. The van der Waals surface area contributed by atoms with Crippen LogP contribution in [0.1, 0.15) is 26.4 Å². The molecule has 2 amide bonds. The summed E-state index contributed by atoms with van der Waals surface area (Å²) in [4.78, 5) is 34.7. The van der Waals surface area contributed by atoms with E-state index in [9.17, 15) is 9.59 Å². The lowest BCUT2D eigenvalue weighted by molar-refractivity contribution is 0.101. The van der Waals surface area contributed by atoms with Gasteiger partial charge in [-0.2, -0.15) is 0 Å². The topological polar surface area (TPSA) is 93.2 Å². The summed E-state index contributed by atoms with van der Waals surface area (Å²) in [5.41, 5.74) is 2.43. The van der Waals surface area contributed by atoms with Crippen LogP contribution in [0, 0.1) is 6.92 Å². The molecule has 4 aromatic rings. The van der Waals surface area contributed by atoms with E-state index < -0.39 is 0 Å². The van der Waals surface area contributed by atoms with Crippen LogP contribution in [-0.2, 0) is 0 Å². The van der Waals surface area contributed by atoms with E-state index >= 15 is 0 Å². The number of aromatic nitrogens is 2. The molecule has 0 bridgehead atoms. The molecule has 0 radical (unpaired) electrons. The van der Waals surface area contributed by atoms with Crippen molar-refractivity contribution < 1.29 is 14.3 Å². The maximum Gasteiger partial charge on any atom is 0.261 e. The summed E-state index contributed by atoms with van der Waals surface area (Å²) in [6.45, 7) is 1.85. The first kappa shape index (κ1) is 20.7. The van der Waals surface area contributed by atoms with Gasteiger partial charge < -0.3 is 4.74 Å². The third-order valence-electron chi connectivity index (χ3n) is 4.36. The number of hydrogen-bond donors (Lipinski definition) is 2. The molecular weight excluding hydrogens is 432 g/mol. The molecule has 9 heteroatoms. The minimum absolute atomic E-state index is 0.215. The first-order chi connectivity index (χ1) is 15.0. The molecule has 2 N–H and O–H groups in total. The predicted octanol–water partition coefficient (Wildman–Crippen LogP) is 5.09. The highest BCUT2D eigenvalue weighted by Gasteiger charge is 2.18. The third-order valence-corrected chi connectivity index (χ3v) is 6.22. The molecule has 2 aromatic carbocycles. The molecule has 2 aromatic heterocycles. The summed E-state index contributed by atoms with van der Waals surface area (Å²) < 4.78 is 5.25. The Balaban J connectivity index is 1.49. The van der Waals surface area contributed by atoms with Crippen molar-refractivity contribution in [2.75, 3.05) is 17.7 Å². The molecule has 0 atom stereocenters. The van der Waals surface area contributed by atoms with E-state index in [0.29, 0.717) is 32.8 Å². The van der Waals surface area contributed by atoms with E-state index in [1.54, 1.807) is 36.4 Å². The highest BCUT2D eigenvalue weighted by atomic mass is 32.1. The Morgan fingerprint density at radius 1 is 0.903 bits per heavy atom. The lowest BCUT2D eigenvalue weighted by Gasteiger charge is -2.06. The first-order valence-corrected chi connectivity index (χ1v) is 11.0. The van der Waals surface area contributed by atoms with Crippen LogP contribution in [0.3, 0.4) is 0 Å². The number of hydrogen-bond acceptors (Lipinski definition) is 7. The van der Waals surface area contributed by atoms with Crippen LogP contribution in [0.15, 0.2) is 60.0 Å². The zero-order valence-electron chi connectivity index (χ0n) is 16.7. The largest absolute Gasteiger partial charge is 0.496 e. The molecule has 0 fully saturated rings. The summed E-state index contributed by atoms with van der Waals surface area (Å²) in [5.74, 6) is -0.0223. The van der Waals surface area contributed by atoms with E-state index in [0.717, 1.165) is 10.6 Å². The Hall–Kier alpha value is -3.56. The fourth-order valence-electron chi connectivity index (χ4n) is 2.88. The Kier molecular flexibility index (Phi) is 6.06. The highest BCUT2D eigenvalue weighted by Crippen LogP contribution is 2.35. The van der Waals surface area contributed by atoms with Gasteiger partial charge in [-0.1, -0.05) is 41.7 Å². The second kappa shape index (κ2) is 9.07. The van der Waals surface area contributed by atoms with E-state index in [4.69, 9.17) is 4.74 Å². The summed E-state index contributed by atoms with van der Waals surface area (Å²) in [7, 11) is 1.52. The number of ether oxygens (including phenoxy) is 1. The molecule has 156 valence electrons. The van der Waals surface area contributed by atoms with Gasteiger partial charge >= 0.3 is 0 Å². The van der Waals surface area contributed by atoms with Gasteiger partial charge in [-0.15, -0.1) is 11.3 Å². The normalized spacial score (nSPS) is 10.5.